The molecule has 1 aromatic rings. The smallest absolute Gasteiger partial charge is 0.267 e. The topological polar surface area (TPSA) is 61.2 Å². The number of hydrogen-bond acceptors (Lipinski definition) is 5. The molecule has 0 fully saturated rings. The van der Waals surface area contributed by atoms with Crippen LogP contribution in [0.5, 0.6) is 0 Å². The number of carbonyl (C=O) groups excluding carboxylic acids is 2. The fourth-order valence-electron chi connectivity index (χ4n) is 1.77. The maximum atomic E-state index is 12.2. The molecule has 0 radical (unpaired) electrons. The number of hydrogen-bond donors (Lipinski definition) is 0. The molecule has 1 aromatic carbocycles. The first-order valence-corrected chi connectivity index (χ1v) is 7.28. The van der Waals surface area contributed by atoms with Gasteiger partial charge in [0.2, 0.25) is 0 Å². The van der Waals surface area contributed by atoms with E-state index in [2.05, 4.69) is 6.07 Å². The van der Waals surface area contributed by atoms with E-state index in [1.807, 2.05) is 6.92 Å². The van der Waals surface area contributed by atoms with Gasteiger partial charge in [-0.3, -0.25) is 9.59 Å². The first-order valence-electron chi connectivity index (χ1n) is 6.05. The first kappa shape index (κ1) is 14.7. The van der Waals surface area contributed by atoms with Gasteiger partial charge in [-0.15, -0.1) is 0 Å². The second-order valence-electron chi connectivity index (χ2n) is 4.56. The maximum Gasteiger partial charge on any atom is 0.267 e. The third kappa shape index (κ3) is 2.35. The monoisotopic (exact) mass is 304 g/mol. The van der Waals surface area contributed by atoms with Gasteiger partial charge in [0.1, 0.15) is 4.75 Å². The van der Waals surface area contributed by atoms with Crippen molar-refractivity contribution < 1.29 is 9.59 Å². The molecule has 0 aliphatic carbocycles. The van der Waals surface area contributed by atoms with Crippen LogP contribution in [-0.4, -0.2) is 25.8 Å². The summed E-state index contributed by atoms with van der Waals surface area (Å²) >= 11 is 6.27. The van der Waals surface area contributed by atoms with Crippen molar-refractivity contribution in [2.24, 2.45) is 0 Å². The minimum absolute atomic E-state index is 0.127. The molecule has 0 spiro atoms. The number of benzene rings is 1. The molecule has 20 heavy (non-hydrogen) atoms. The highest BCUT2D eigenvalue weighted by Gasteiger charge is 2.40. The number of rotatable bonds is 2. The summed E-state index contributed by atoms with van der Waals surface area (Å²) in [5.41, 5.74) is 0.714. The van der Waals surface area contributed by atoms with Crippen LogP contribution in [0.25, 0.3) is 0 Å². The summed E-state index contributed by atoms with van der Waals surface area (Å²) in [6.45, 7) is 3.60. The number of thiocarbonyl (C=S) groups is 1. The van der Waals surface area contributed by atoms with E-state index < -0.39 is 16.6 Å². The molecule has 0 N–H and O–H groups in total. The van der Waals surface area contributed by atoms with E-state index in [9.17, 15) is 9.59 Å². The summed E-state index contributed by atoms with van der Waals surface area (Å²) in [5.74, 6) is -0.834. The SMILES string of the molecule is CCC(C)(C#N)SC(=S)N1C(=O)c2ccccc2C1=O. The number of thioether (sulfide) groups is 1. The van der Waals surface area contributed by atoms with E-state index in [4.69, 9.17) is 17.5 Å². The van der Waals surface area contributed by atoms with Gasteiger partial charge >= 0.3 is 0 Å². The molecule has 2 amide bonds. The Balaban J connectivity index is 2.29. The molecular formula is C14H12N2O2S2. The standard InChI is InChI=1S/C14H12N2O2S2/c1-3-14(2,8-15)20-13(19)16-11(17)9-6-4-5-7-10(9)12(16)18/h4-7H,3H2,1-2H3. The Morgan fingerprint density at radius 3 is 2.25 bits per heavy atom. The van der Waals surface area contributed by atoms with Crippen LogP contribution in [0.1, 0.15) is 41.0 Å². The molecular weight excluding hydrogens is 292 g/mol. The van der Waals surface area contributed by atoms with Gasteiger partial charge < -0.3 is 0 Å². The van der Waals surface area contributed by atoms with Crippen molar-refractivity contribution in [3.8, 4) is 6.07 Å². The molecule has 6 heteroatoms. The van der Waals surface area contributed by atoms with Crippen LogP contribution in [0, 0.1) is 11.3 Å². The second-order valence-corrected chi connectivity index (χ2v) is 6.69. The molecule has 0 saturated heterocycles. The summed E-state index contributed by atoms with van der Waals surface area (Å²) in [6, 6.07) is 8.77. The van der Waals surface area contributed by atoms with Crippen LogP contribution in [0.2, 0.25) is 0 Å². The van der Waals surface area contributed by atoms with Crippen LogP contribution < -0.4 is 0 Å². The Kier molecular flexibility index (Phi) is 3.93. The third-order valence-corrected chi connectivity index (χ3v) is 4.82. The van der Waals surface area contributed by atoms with Crippen molar-refractivity contribution in [1.82, 2.24) is 4.90 Å². The summed E-state index contributed by atoms with van der Waals surface area (Å²) < 4.78 is -0.617. The molecule has 0 saturated carbocycles. The molecule has 102 valence electrons. The van der Waals surface area contributed by atoms with Crippen LogP contribution in [0.15, 0.2) is 24.3 Å². The highest BCUT2D eigenvalue weighted by atomic mass is 32.2. The first-order chi connectivity index (χ1) is 9.43. The van der Waals surface area contributed by atoms with Crippen LogP contribution in [0.4, 0.5) is 0 Å². The lowest BCUT2D eigenvalue weighted by Crippen LogP contribution is -2.35. The molecule has 1 heterocycles. The third-order valence-electron chi connectivity index (χ3n) is 3.20. The zero-order valence-electron chi connectivity index (χ0n) is 11.0. The fourth-order valence-corrected chi connectivity index (χ4v) is 3.32. The van der Waals surface area contributed by atoms with Crippen molar-refractivity contribution in [3.05, 3.63) is 35.4 Å². The van der Waals surface area contributed by atoms with Gasteiger partial charge in [-0.25, -0.2) is 4.90 Å². The normalized spacial score (nSPS) is 16.6. The molecule has 1 aliphatic rings. The van der Waals surface area contributed by atoms with Gasteiger partial charge in [0.25, 0.3) is 11.8 Å². The van der Waals surface area contributed by atoms with Crippen molar-refractivity contribution in [2.45, 2.75) is 25.0 Å². The minimum Gasteiger partial charge on any atom is -0.268 e. The summed E-state index contributed by atoms with van der Waals surface area (Å²) in [6.07, 6.45) is 0.567. The van der Waals surface area contributed by atoms with E-state index in [-0.39, 0.29) is 4.32 Å². The highest BCUT2D eigenvalue weighted by molar-refractivity contribution is 8.24. The van der Waals surface area contributed by atoms with Crippen molar-refractivity contribution >= 4 is 40.1 Å². The zero-order valence-corrected chi connectivity index (χ0v) is 12.7. The van der Waals surface area contributed by atoms with E-state index in [1.165, 1.54) is 0 Å². The van der Waals surface area contributed by atoms with E-state index in [0.717, 1.165) is 16.7 Å². The number of nitriles is 1. The average molecular weight is 304 g/mol. The number of nitrogens with zero attached hydrogens (tertiary/aromatic N) is 2. The van der Waals surface area contributed by atoms with Crippen molar-refractivity contribution in [1.29, 1.82) is 5.26 Å². The Hall–Kier alpha value is -1.71. The molecule has 0 aromatic heterocycles. The van der Waals surface area contributed by atoms with Gasteiger partial charge in [-0.2, -0.15) is 5.26 Å². The predicted octanol–water partition coefficient (Wildman–Crippen LogP) is 2.99. The number of fused-ring (bicyclic) bond motifs is 1. The maximum absolute atomic E-state index is 12.2. The summed E-state index contributed by atoms with van der Waals surface area (Å²) in [5, 5.41) is 9.16. The Morgan fingerprint density at radius 2 is 1.85 bits per heavy atom. The Morgan fingerprint density at radius 1 is 1.35 bits per heavy atom. The number of amides is 2. The Labute approximate surface area is 126 Å². The van der Waals surface area contributed by atoms with Crippen molar-refractivity contribution in [3.63, 3.8) is 0 Å². The quantitative estimate of drug-likeness (QED) is 0.621. The Bertz CT molecular complexity index is 616. The fraction of sp³-hybridized carbons (Fsp3) is 0.286. The number of carbonyl (C=O) groups is 2. The molecule has 1 aliphatic heterocycles. The lowest BCUT2D eigenvalue weighted by molar-refractivity contribution is 0.0755. The van der Waals surface area contributed by atoms with Gasteiger partial charge in [-0.05, 0) is 25.5 Å². The van der Waals surface area contributed by atoms with E-state index >= 15 is 0 Å². The van der Waals surface area contributed by atoms with Gasteiger partial charge in [0.15, 0.2) is 4.32 Å². The predicted molar refractivity (Wildman–Crippen MR) is 81.4 cm³/mol. The van der Waals surface area contributed by atoms with E-state index in [0.29, 0.717) is 17.5 Å². The zero-order chi connectivity index (χ0) is 14.9. The van der Waals surface area contributed by atoms with E-state index in [1.54, 1.807) is 31.2 Å². The van der Waals surface area contributed by atoms with Crippen molar-refractivity contribution in [2.75, 3.05) is 0 Å². The number of imide groups is 1. The van der Waals surface area contributed by atoms with Crippen LogP contribution in [-0.2, 0) is 0 Å². The average Bonchev–Trinajstić information content (AvgIpc) is 2.71. The van der Waals surface area contributed by atoms with Gasteiger partial charge in [0, 0.05) is 0 Å². The van der Waals surface area contributed by atoms with Crippen LogP contribution in [0.3, 0.4) is 0 Å². The van der Waals surface area contributed by atoms with Crippen LogP contribution >= 0.6 is 24.0 Å². The molecule has 0 bridgehead atoms. The molecule has 1 unspecified atom stereocenters. The minimum atomic E-state index is -0.744. The summed E-state index contributed by atoms with van der Waals surface area (Å²) in [7, 11) is 0. The second kappa shape index (κ2) is 5.35. The summed E-state index contributed by atoms with van der Waals surface area (Å²) in [4.78, 5) is 25.4. The van der Waals surface area contributed by atoms with Gasteiger partial charge in [0.05, 0.1) is 17.2 Å². The lowest BCUT2D eigenvalue weighted by Gasteiger charge is -2.22. The highest BCUT2D eigenvalue weighted by Crippen LogP contribution is 2.33. The molecule has 4 nitrogen and oxygen atoms in total. The molecule has 1 atom stereocenters. The largest absolute Gasteiger partial charge is 0.268 e. The molecule has 2 rings (SSSR count). The lowest BCUT2D eigenvalue weighted by atomic mass is 10.1. The van der Waals surface area contributed by atoms with Gasteiger partial charge in [-0.1, -0.05) is 43.0 Å².